The fourth-order valence-electron chi connectivity index (χ4n) is 2.20. The van der Waals surface area contributed by atoms with Crippen LogP contribution < -0.4 is 0 Å². The van der Waals surface area contributed by atoms with Crippen LogP contribution in [0.25, 0.3) is 0 Å². The van der Waals surface area contributed by atoms with Crippen LogP contribution in [0.15, 0.2) is 18.2 Å². The summed E-state index contributed by atoms with van der Waals surface area (Å²) in [7, 11) is 0. The molecule has 0 amide bonds. The number of aliphatic hydroxyl groups is 1. The molecule has 1 aromatic rings. The van der Waals surface area contributed by atoms with E-state index in [1.807, 2.05) is 0 Å². The molecular weight excluding hydrogens is 226 g/mol. The van der Waals surface area contributed by atoms with E-state index in [2.05, 4.69) is 0 Å². The molecule has 0 radical (unpaired) electrons. The van der Waals surface area contributed by atoms with Gasteiger partial charge in [-0.25, -0.2) is 8.78 Å². The van der Waals surface area contributed by atoms with E-state index >= 15 is 0 Å². The summed E-state index contributed by atoms with van der Waals surface area (Å²) in [6, 6.07) is 3.19. The van der Waals surface area contributed by atoms with Crippen molar-refractivity contribution >= 4 is 0 Å². The maximum Gasteiger partial charge on any atom is 0.126 e. The molecule has 0 aromatic heterocycles. The Bertz CT molecular complexity index is 355. The molecule has 0 aliphatic carbocycles. The van der Waals surface area contributed by atoms with Gasteiger partial charge in [0.05, 0.1) is 6.10 Å². The highest BCUT2D eigenvalue weighted by Crippen LogP contribution is 2.28. The molecule has 2 nitrogen and oxygen atoms in total. The summed E-state index contributed by atoms with van der Waals surface area (Å²) in [5, 5.41) is 9.95. The lowest BCUT2D eigenvalue weighted by atomic mass is 9.91. The fraction of sp³-hybridized carbons (Fsp3) is 0.538. The smallest absolute Gasteiger partial charge is 0.126 e. The van der Waals surface area contributed by atoms with Crippen LogP contribution in [-0.2, 0) is 4.74 Å². The molecule has 17 heavy (non-hydrogen) atoms. The van der Waals surface area contributed by atoms with Gasteiger partial charge in [0, 0.05) is 19.3 Å². The maximum atomic E-state index is 13.0. The van der Waals surface area contributed by atoms with Crippen molar-refractivity contribution in [3.63, 3.8) is 0 Å². The lowest BCUT2D eigenvalue weighted by molar-refractivity contribution is 0.0434. The molecule has 1 aromatic carbocycles. The van der Waals surface area contributed by atoms with Gasteiger partial charge in [0.15, 0.2) is 0 Å². The van der Waals surface area contributed by atoms with Gasteiger partial charge in [-0.3, -0.25) is 0 Å². The van der Waals surface area contributed by atoms with E-state index < -0.39 is 17.7 Å². The number of hydrogen-bond donors (Lipinski definition) is 1. The highest BCUT2D eigenvalue weighted by molar-refractivity contribution is 5.20. The highest BCUT2D eigenvalue weighted by Gasteiger charge is 2.19. The van der Waals surface area contributed by atoms with Crippen molar-refractivity contribution in [1.82, 2.24) is 0 Å². The monoisotopic (exact) mass is 242 g/mol. The third-order valence-corrected chi connectivity index (χ3v) is 3.17. The van der Waals surface area contributed by atoms with E-state index in [9.17, 15) is 13.9 Å². The molecule has 0 bridgehead atoms. The van der Waals surface area contributed by atoms with Crippen molar-refractivity contribution in [1.29, 1.82) is 0 Å². The largest absolute Gasteiger partial charge is 0.388 e. The summed E-state index contributed by atoms with van der Waals surface area (Å²) in [5.74, 6) is -0.929. The summed E-state index contributed by atoms with van der Waals surface area (Å²) >= 11 is 0. The molecule has 1 saturated heterocycles. The lowest BCUT2D eigenvalue weighted by Crippen LogP contribution is -2.18. The van der Waals surface area contributed by atoms with E-state index in [0.717, 1.165) is 18.9 Å². The first-order valence-electron chi connectivity index (χ1n) is 5.87. The number of aliphatic hydroxyl groups excluding tert-OH is 1. The van der Waals surface area contributed by atoms with Gasteiger partial charge < -0.3 is 9.84 Å². The molecule has 1 N–H and O–H groups in total. The number of hydrogen-bond acceptors (Lipinski definition) is 2. The topological polar surface area (TPSA) is 29.5 Å². The second kappa shape index (κ2) is 5.56. The fourth-order valence-corrected chi connectivity index (χ4v) is 2.20. The normalized spacial score (nSPS) is 19.2. The molecule has 1 unspecified atom stereocenters. The Morgan fingerprint density at radius 2 is 1.76 bits per heavy atom. The Balaban J connectivity index is 2.00. The minimum atomic E-state index is -0.802. The minimum absolute atomic E-state index is 0.314. The third kappa shape index (κ3) is 3.48. The zero-order valence-corrected chi connectivity index (χ0v) is 9.53. The van der Waals surface area contributed by atoms with Crippen LogP contribution in [-0.4, -0.2) is 18.3 Å². The van der Waals surface area contributed by atoms with Crippen molar-refractivity contribution in [3.8, 4) is 0 Å². The van der Waals surface area contributed by atoms with Crippen molar-refractivity contribution < 1.29 is 18.6 Å². The summed E-state index contributed by atoms with van der Waals surface area (Å²) in [5.41, 5.74) is 0.314. The van der Waals surface area contributed by atoms with Crippen LogP contribution in [0.3, 0.4) is 0 Å². The number of rotatable bonds is 3. The average molecular weight is 242 g/mol. The summed E-state index contributed by atoms with van der Waals surface area (Å²) in [4.78, 5) is 0. The van der Waals surface area contributed by atoms with Crippen molar-refractivity contribution in [2.75, 3.05) is 13.2 Å². The Morgan fingerprint density at radius 3 is 2.35 bits per heavy atom. The molecular formula is C13H16F2O2. The predicted molar refractivity (Wildman–Crippen MR) is 59.5 cm³/mol. The van der Waals surface area contributed by atoms with E-state index in [-0.39, 0.29) is 0 Å². The first kappa shape index (κ1) is 12.5. The predicted octanol–water partition coefficient (Wildman–Crippen LogP) is 2.81. The standard InChI is InChI=1S/C13H16F2O2/c14-11-6-10(7-12(15)8-11)13(16)5-9-1-3-17-4-2-9/h6-9,13,16H,1-5H2. The quantitative estimate of drug-likeness (QED) is 0.883. The first-order valence-corrected chi connectivity index (χ1v) is 5.87. The Kier molecular flexibility index (Phi) is 4.07. The maximum absolute atomic E-state index is 13.0. The molecule has 1 aliphatic heterocycles. The van der Waals surface area contributed by atoms with Crippen LogP contribution in [0, 0.1) is 17.6 Å². The summed E-state index contributed by atoms with van der Waals surface area (Å²) in [6.07, 6.45) is 1.53. The minimum Gasteiger partial charge on any atom is -0.388 e. The molecule has 0 saturated carbocycles. The Morgan fingerprint density at radius 1 is 1.18 bits per heavy atom. The van der Waals surface area contributed by atoms with Gasteiger partial charge in [0.25, 0.3) is 0 Å². The second-order valence-electron chi connectivity index (χ2n) is 4.51. The highest BCUT2D eigenvalue weighted by atomic mass is 19.1. The molecule has 1 atom stereocenters. The van der Waals surface area contributed by atoms with Crippen molar-refractivity contribution in [3.05, 3.63) is 35.4 Å². The van der Waals surface area contributed by atoms with Gasteiger partial charge in [0.2, 0.25) is 0 Å². The van der Waals surface area contributed by atoms with Gasteiger partial charge in [-0.2, -0.15) is 0 Å². The van der Waals surface area contributed by atoms with Gasteiger partial charge in [-0.05, 0) is 42.9 Å². The van der Waals surface area contributed by atoms with Crippen LogP contribution in [0.1, 0.15) is 30.9 Å². The molecule has 0 spiro atoms. The lowest BCUT2D eigenvalue weighted by Gasteiger charge is -2.24. The SMILES string of the molecule is OC(CC1CCOCC1)c1cc(F)cc(F)c1. The van der Waals surface area contributed by atoms with Crippen LogP contribution >= 0.6 is 0 Å². The van der Waals surface area contributed by atoms with Gasteiger partial charge in [0.1, 0.15) is 11.6 Å². The molecule has 1 aliphatic rings. The number of halogens is 2. The molecule has 4 heteroatoms. The van der Waals surface area contributed by atoms with Crippen molar-refractivity contribution in [2.24, 2.45) is 5.92 Å². The third-order valence-electron chi connectivity index (χ3n) is 3.17. The summed E-state index contributed by atoms with van der Waals surface area (Å²) in [6.45, 7) is 1.41. The van der Waals surface area contributed by atoms with Gasteiger partial charge >= 0.3 is 0 Å². The zero-order valence-electron chi connectivity index (χ0n) is 9.53. The van der Waals surface area contributed by atoms with Gasteiger partial charge in [-0.1, -0.05) is 0 Å². The second-order valence-corrected chi connectivity index (χ2v) is 4.51. The zero-order chi connectivity index (χ0) is 12.3. The van der Waals surface area contributed by atoms with Crippen LogP contribution in [0.5, 0.6) is 0 Å². The first-order chi connectivity index (χ1) is 8.15. The van der Waals surface area contributed by atoms with E-state index in [1.165, 1.54) is 12.1 Å². The van der Waals surface area contributed by atoms with E-state index in [1.54, 1.807) is 0 Å². The average Bonchev–Trinajstić information content (AvgIpc) is 2.29. The van der Waals surface area contributed by atoms with E-state index in [4.69, 9.17) is 4.74 Å². The van der Waals surface area contributed by atoms with Gasteiger partial charge in [-0.15, -0.1) is 0 Å². The number of benzene rings is 1. The van der Waals surface area contributed by atoms with Crippen molar-refractivity contribution in [2.45, 2.75) is 25.4 Å². The molecule has 1 heterocycles. The van der Waals surface area contributed by atoms with Crippen LogP contribution in [0.4, 0.5) is 8.78 Å². The molecule has 94 valence electrons. The molecule has 2 rings (SSSR count). The Labute approximate surface area is 99.2 Å². The molecule has 1 fully saturated rings. The Hall–Kier alpha value is -1.00. The van der Waals surface area contributed by atoms with Crippen LogP contribution in [0.2, 0.25) is 0 Å². The summed E-state index contributed by atoms with van der Waals surface area (Å²) < 4.78 is 31.2. The number of ether oxygens (including phenoxy) is 1. The van der Waals surface area contributed by atoms with E-state index in [0.29, 0.717) is 31.1 Å².